The van der Waals surface area contributed by atoms with Crippen LogP contribution in [0.1, 0.15) is 18.2 Å². The van der Waals surface area contributed by atoms with E-state index in [0.29, 0.717) is 40.4 Å². The van der Waals surface area contributed by atoms with Crippen molar-refractivity contribution < 1.29 is 14.1 Å². The lowest BCUT2D eigenvalue weighted by atomic mass is 10.1. The van der Waals surface area contributed by atoms with Crippen LogP contribution in [0.2, 0.25) is 5.02 Å². The van der Waals surface area contributed by atoms with Crippen LogP contribution in [0.15, 0.2) is 41.1 Å². The predicted molar refractivity (Wildman–Crippen MR) is 93.0 cm³/mol. The van der Waals surface area contributed by atoms with Crippen LogP contribution in [0.5, 0.6) is 5.75 Å². The van der Waals surface area contributed by atoms with Gasteiger partial charge in [-0.1, -0.05) is 16.8 Å². The Morgan fingerprint density at radius 3 is 2.96 bits per heavy atom. The largest absolute Gasteiger partial charge is 0.495 e. The second-order valence-corrected chi connectivity index (χ2v) is 6.20. The number of carbonyl (C=O) groups is 1. The molecule has 1 aliphatic rings. The molecule has 1 atom stereocenters. The average molecular weight is 372 g/mol. The molecule has 2 aromatic heterocycles. The molecular formula is C17H14ClN5O3. The van der Waals surface area contributed by atoms with Gasteiger partial charge in [0, 0.05) is 24.8 Å². The Kier molecular flexibility index (Phi) is 4.26. The van der Waals surface area contributed by atoms with Crippen molar-refractivity contribution in [2.75, 3.05) is 18.6 Å². The number of anilines is 1. The summed E-state index contributed by atoms with van der Waals surface area (Å²) in [6, 6.07) is 8.72. The number of ether oxygens (including phenoxy) is 1. The van der Waals surface area contributed by atoms with Crippen molar-refractivity contribution in [3.8, 4) is 17.3 Å². The van der Waals surface area contributed by atoms with Gasteiger partial charge in [0.25, 0.3) is 0 Å². The van der Waals surface area contributed by atoms with Crippen LogP contribution in [0.3, 0.4) is 0 Å². The molecular weight excluding hydrogens is 358 g/mol. The molecule has 3 aromatic rings. The molecule has 0 aliphatic carbocycles. The fraction of sp³-hybridized carbons (Fsp3) is 0.235. The molecule has 0 spiro atoms. The summed E-state index contributed by atoms with van der Waals surface area (Å²) in [6.45, 7) is 0.434. The second kappa shape index (κ2) is 6.72. The number of aromatic nitrogens is 4. The third-order valence-electron chi connectivity index (χ3n) is 4.16. The zero-order valence-corrected chi connectivity index (χ0v) is 14.6. The van der Waals surface area contributed by atoms with Crippen molar-refractivity contribution >= 4 is 23.2 Å². The minimum atomic E-state index is -0.193. The quantitative estimate of drug-likeness (QED) is 0.695. The van der Waals surface area contributed by atoms with Crippen LogP contribution in [0.4, 0.5) is 5.69 Å². The number of nitrogens with zero attached hydrogens (tertiary/aromatic N) is 5. The maximum absolute atomic E-state index is 12.4. The lowest BCUT2D eigenvalue weighted by molar-refractivity contribution is -0.117. The minimum Gasteiger partial charge on any atom is -0.495 e. The highest BCUT2D eigenvalue weighted by Crippen LogP contribution is 2.35. The van der Waals surface area contributed by atoms with Crippen molar-refractivity contribution in [2.45, 2.75) is 12.3 Å². The molecule has 0 radical (unpaired) electrons. The van der Waals surface area contributed by atoms with Crippen LogP contribution in [-0.2, 0) is 4.79 Å². The van der Waals surface area contributed by atoms with Gasteiger partial charge in [-0.25, -0.2) is 0 Å². The first kappa shape index (κ1) is 16.5. The molecule has 0 unspecified atom stereocenters. The van der Waals surface area contributed by atoms with E-state index < -0.39 is 0 Å². The number of carbonyl (C=O) groups excluding carboxylic acids is 1. The molecule has 9 heteroatoms. The van der Waals surface area contributed by atoms with Gasteiger partial charge < -0.3 is 14.2 Å². The van der Waals surface area contributed by atoms with Gasteiger partial charge in [0.1, 0.15) is 11.4 Å². The number of hydrogen-bond acceptors (Lipinski definition) is 7. The molecule has 8 nitrogen and oxygen atoms in total. The highest BCUT2D eigenvalue weighted by molar-refractivity contribution is 6.32. The number of hydrogen-bond donors (Lipinski definition) is 0. The molecule has 0 bridgehead atoms. The monoisotopic (exact) mass is 371 g/mol. The first-order valence-corrected chi connectivity index (χ1v) is 8.29. The van der Waals surface area contributed by atoms with Crippen molar-refractivity contribution in [3.63, 3.8) is 0 Å². The number of amides is 1. The lowest BCUT2D eigenvalue weighted by Crippen LogP contribution is -2.24. The number of benzene rings is 1. The average Bonchev–Trinajstić information content (AvgIpc) is 3.29. The van der Waals surface area contributed by atoms with E-state index in [0.717, 1.165) is 0 Å². The lowest BCUT2D eigenvalue weighted by Gasteiger charge is -2.17. The Morgan fingerprint density at radius 2 is 2.23 bits per heavy atom. The van der Waals surface area contributed by atoms with Crippen molar-refractivity contribution in [3.05, 3.63) is 47.4 Å². The molecule has 3 heterocycles. The van der Waals surface area contributed by atoms with Crippen LogP contribution in [0.25, 0.3) is 11.5 Å². The molecule has 1 amide bonds. The van der Waals surface area contributed by atoms with Crippen LogP contribution in [0, 0.1) is 0 Å². The van der Waals surface area contributed by atoms with Crippen LogP contribution in [-0.4, -0.2) is 39.9 Å². The summed E-state index contributed by atoms with van der Waals surface area (Å²) in [6.07, 6.45) is 1.85. The minimum absolute atomic E-state index is 0.0320. The fourth-order valence-corrected chi connectivity index (χ4v) is 3.12. The van der Waals surface area contributed by atoms with Crippen LogP contribution < -0.4 is 9.64 Å². The topological polar surface area (TPSA) is 94.2 Å². The van der Waals surface area contributed by atoms with Gasteiger partial charge in [0.15, 0.2) is 0 Å². The highest BCUT2D eigenvalue weighted by atomic mass is 35.5. The summed E-state index contributed by atoms with van der Waals surface area (Å²) in [7, 11) is 1.54. The zero-order valence-electron chi connectivity index (χ0n) is 13.8. The molecule has 26 heavy (non-hydrogen) atoms. The molecule has 4 rings (SSSR count). The van der Waals surface area contributed by atoms with E-state index in [9.17, 15) is 4.79 Å². The van der Waals surface area contributed by atoms with E-state index in [1.165, 1.54) is 0 Å². The Labute approximate surface area is 153 Å². The summed E-state index contributed by atoms with van der Waals surface area (Å²) < 4.78 is 10.5. The van der Waals surface area contributed by atoms with Gasteiger partial charge in [-0.2, -0.15) is 10.1 Å². The van der Waals surface area contributed by atoms with Gasteiger partial charge in [-0.3, -0.25) is 4.79 Å². The first-order chi connectivity index (χ1) is 12.7. The molecule has 1 saturated heterocycles. The zero-order chi connectivity index (χ0) is 18.1. The Bertz CT molecular complexity index is 947. The van der Waals surface area contributed by atoms with E-state index in [4.69, 9.17) is 20.9 Å². The summed E-state index contributed by atoms with van der Waals surface area (Å²) in [4.78, 5) is 18.5. The summed E-state index contributed by atoms with van der Waals surface area (Å²) >= 11 is 6.16. The van der Waals surface area contributed by atoms with E-state index >= 15 is 0 Å². The van der Waals surface area contributed by atoms with Gasteiger partial charge in [-0.05, 0) is 30.3 Å². The van der Waals surface area contributed by atoms with E-state index in [-0.39, 0.29) is 18.2 Å². The third kappa shape index (κ3) is 2.99. The van der Waals surface area contributed by atoms with Gasteiger partial charge in [0.2, 0.25) is 17.6 Å². The van der Waals surface area contributed by atoms with Crippen molar-refractivity contribution in [1.82, 2.24) is 20.3 Å². The Hall–Kier alpha value is -3.00. The molecule has 1 fully saturated rings. The third-order valence-corrected chi connectivity index (χ3v) is 4.46. The highest BCUT2D eigenvalue weighted by Gasteiger charge is 2.35. The van der Waals surface area contributed by atoms with E-state index in [1.54, 1.807) is 48.5 Å². The smallest absolute Gasteiger partial charge is 0.232 e. The summed E-state index contributed by atoms with van der Waals surface area (Å²) in [5, 5.41) is 12.1. The SMILES string of the molecule is COc1ccc(N2C[C@H](c3nc(-c4cccnn4)no3)CC2=O)cc1Cl. The normalized spacial score (nSPS) is 16.9. The number of methoxy groups -OCH3 is 1. The second-order valence-electron chi connectivity index (χ2n) is 5.79. The molecule has 1 aliphatic heterocycles. The Morgan fingerprint density at radius 1 is 1.35 bits per heavy atom. The van der Waals surface area contributed by atoms with Gasteiger partial charge in [0.05, 0.1) is 18.1 Å². The fourth-order valence-electron chi connectivity index (χ4n) is 2.87. The standard InChI is InChI=1S/C17H14ClN5O3/c1-25-14-5-4-11(8-12(14)18)23-9-10(7-15(23)24)17-20-16(22-26-17)13-3-2-6-19-21-13/h2-6,8,10H,7,9H2,1H3/t10-/m1/s1. The first-order valence-electron chi connectivity index (χ1n) is 7.91. The van der Waals surface area contributed by atoms with Crippen LogP contribution >= 0.6 is 11.6 Å². The van der Waals surface area contributed by atoms with E-state index in [1.807, 2.05) is 0 Å². The van der Waals surface area contributed by atoms with E-state index in [2.05, 4.69) is 20.3 Å². The summed E-state index contributed by atoms with van der Waals surface area (Å²) in [5.74, 6) is 1.09. The molecule has 1 aromatic carbocycles. The predicted octanol–water partition coefficient (Wildman–Crippen LogP) is 2.71. The number of rotatable bonds is 4. The van der Waals surface area contributed by atoms with Gasteiger partial charge in [-0.15, -0.1) is 5.10 Å². The van der Waals surface area contributed by atoms with Crippen molar-refractivity contribution in [1.29, 1.82) is 0 Å². The van der Waals surface area contributed by atoms with Gasteiger partial charge >= 0.3 is 0 Å². The molecule has 0 N–H and O–H groups in total. The maximum atomic E-state index is 12.4. The Balaban J connectivity index is 1.55. The van der Waals surface area contributed by atoms with Crippen molar-refractivity contribution in [2.24, 2.45) is 0 Å². The molecule has 0 saturated carbocycles. The summed E-state index contributed by atoms with van der Waals surface area (Å²) in [5.41, 5.74) is 1.22. The maximum Gasteiger partial charge on any atom is 0.232 e. The number of halogens is 1. The molecule has 132 valence electrons.